The molecule has 0 radical (unpaired) electrons. The first kappa shape index (κ1) is 17.8. The zero-order chi connectivity index (χ0) is 18.9. The maximum atomic E-state index is 12.9. The van der Waals surface area contributed by atoms with Crippen molar-refractivity contribution in [2.45, 2.75) is 11.9 Å². The Morgan fingerprint density at radius 1 is 1.04 bits per heavy atom. The molecule has 0 N–H and O–H groups in total. The maximum absolute atomic E-state index is 12.9. The topological polar surface area (TPSA) is 59.1 Å². The lowest BCUT2D eigenvalue weighted by atomic mass is 10.1. The van der Waals surface area contributed by atoms with Crippen LogP contribution in [0.1, 0.15) is 5.56 Å². The number of epoxide rings is 1. The van der Waals surface area contributed by atoms with Crippen LogP contribution in [0.4, 0.5) is 5.69 Å². The second kappa shape index (κ2) is 7.21. The number of sulfonamides is 1. The quantitative estimate of drug-likeness (QED) is 0.585. The summed E-state index contributed by atoms with van der Waals surface area (Å²) in [5.41, 5.74) is 1.40. The number of benzene rings is 3. The Hall–Kier alpha value is -2.57. The molecule has 0 aliphatic carbocycles. The van der Waals surface area contributed by atoms with Crippen molar-refractivity contribution in [3.8, 4) is 5.75 Å². The van der Waals surface area contributed by atoms with Gasteiger partial charge in [-0.1, -0.05) is 48.5 Å². The largest absolute Gasteiger partial charge is 0.491 e. The zero-order valence-corrected chi connectivity index (χ0v) is 15.9. The smallest absolute Gasteiger partial charge is 0.239 e. The molecule has 0 amide bonds. The van der Waals surface area contributed by atoms with Gasteiger partial charge in [0.05, 0.1) is 18.0 Å². The molecule has 1 aliphatic heterocycles. The van der Waals surface area contributed by atoms with Crippen LogP contribution in [0.15, 0.2) is 66.7 Å². The van der Waals surface area contributed by atoms with Crippen molar-refractivity contribution in [3.63, 3.8) is 0 Å². The molecule has 1 atom stereocenters. The molecule has 1 saturated heterocycles. The molecule has 6 heteroatoms. The Morgan fingerprint density at radius 2 is 1.74 bits per heavy atom. The minimum absolute atomic E-state index is 0.0707. The fourth-order valence-electron chi connectivity index (χ4n) is 2.98. The van der Waals surface area contributed by atoms with Gasteiger partial charge in [0.2, 0.25) is 10.0 Å². The van der Waals surface area contributed by atoms with Gasteiger partial charge in [0, 0.05) is 12.4 Å². The maximum Gasteiger partial charge on any atom is 0.239 e. The van der Waals surface area contributed by atoms with Crippen molar-refractivity contribution in [1.82, 2.24) is 0 Å². The summed E-state index contributed by atoms with van der Waals surface area (Å²) in [6.45, 7) is 1.28. The van der Waals surface area contributed by atoms with Crippen LogP contribution in [0.3, 0.4) is 0 Å². The van der Waals surface area contributed by atoms with E-state index in [0.29, 0.717) is 18.0 Å². The van der Waals surface area contributed by atoms with E-state index in [4.69, 9.17) is 9.47 Å². The summed E-state index contributed by atoms with van der Waals surface area (Å²) in [7, 11) is -1.91. The van der Waals surface area contributed by atoms with Gasteiger partial charge in [-0.05, 0) is 29.1 Å². The van der Waals surface area contributed by atoms with E-state index >= 15 is 0 Å². The molecule has 1 heterocycles. The average molecular weight is 383 g/mol. The van der Waals surface area contributed by atoms with Crippen molar-refractivity contribution >= 4 is 26.5 Å². The van der Waals surface area contributed by atoms with Crippen LogP contribution >= 0.6 is 0 Å². The number of nitrogens with zero attached hydrogens (tertiary/aromatic N) is 1. The molecule has 0 aromatic heterocycles. The molecule has 1 unspecified atom stereocenters. The molecule has 0 saturated carbocycles. The summed E-state index contributed by atoms with van der Waals surface area (Å²) in [5, 5.41) is 1.93. The first-order chi connectivity index (χ1) is 13.0. The van der Waals surface area contributed by atoms with Crippen LogP contribution < -0.4 is 9.04 Å². The van der Waals surface area contributed by atoms with Gasteiger partial charge in [-0.25, -0.2) is 8.42 Å². The third-order valence-corrected chi connectivity index (χ3v) is 6.36. The molecule has 1 aliphatic rings. The SMILES string of the molecule is CN(c1cccc2ccccc12)S(=O)(=O)Cc1ccc(OCC2CO2)cc1. The Morgan fingerprint density at radius 3 is 2.48 bits per heavy atom. The van der Waals surface area contributed by atoms with Crippen LogP contribution in [0.25, 0.3) is 10.8 Å². The highest BCUT2D eigenvalue weighted by Gasteiger charge is 2.23. The van der Waals surface area contributed by atoms with E-state index in [0.717, 1.165) is 22.9 Å². The number of ether oxygens (including phenoxy) is 2. The lowest BCUT2D eigenvalue weighted by molar-refractivity contribution is 0.263. The molecule has 3 aromatic carbocycles. The third kappa shape index (κ3) is 4.07. The standard InChI is InChI=1S/C21H21NO4S/c1-22(21-8-4-6-17-5-2-3-7-20(17)21)27(23,24)15-16-9-11-18(12-10-16)25-13-19-14-26-19/h2-12,19H,13-15H2,1H3. The van der Waals surface area contributed by atoms with E-state index < -0.39 is 10.0 Å². The van der Waals surface area contributed by atoms with Gasteiger partial charge in [0.15, 0.2) is 0 Å². The number of anilines is 1. The van der Waals surface area contributed by atoms with Gasteiger partial charge in [-0.2, -0.15) is 0 Å². The molecule has 3 aromatic rings. The number of hydrogen-bond acceptors (Lipinski definition) is 4. The van der Waals surface area contributed by atoms with E-state index in [9.17, 15) is 8.42 Å². The minimum atomic E-state index is -3.51. The van der Waals surface area contributed by atoms with Gasteiger partial charge >= 0.3 is 0 Å². The Balaban J connectivity index is 1.51. The van der Waals surface area contributed by atoms with Crippen LogP contribution in [-0.2, 0) is 20.5 Å². The Labute approximate surface area is 159 Å². The average Bonchev–Trinajstić information content (AvgIpc) is 3.51. The van der Waals surface area contributed by atoms with Crippen molar-refractivity contribution < 1.29 is 17.9 Å². The van der Waals surface area contributed by atoms with Gasteiger partial charge in [-0.3, -0.25) is 4.31 Å². The molecule has 140 valence electrons. The molecule has 5 nitrogen and oxygen atoms in total. The predicted octanol–water partition coefficient (Wildman–Crippen LogP) is 3.58. The van der Waals surface area contributed by atoms with Gasteiger partial charge in [0.25, 0.3) is 0 Å². The first-order valence-corrected chi connectivity index (χ1v) is 10.4. The fraction of sp³-hybridized carbons (Fsp3) is 0.238. The lowest BCUT2D eigenvalue weighted by Crippen LogP contribution is -2.28. The van der Waals surface area contributed by atoms with Crippen LogP contribution in [0.5, 0.6) is 5.75 Å². The molecule has 27 heavy (non-hydrogen) atoms. The molecule has 4 rings (SSSR count). The summed E-state index contributed by atoms with van der Waals surface area (Å²) in [5.74, 6) is 0.646. The fourth-order valence-corrected chi connectivity index (χ4v) is 4.24. The van der Waals surface area contributed by atoms with E-state index in [1.807, 2.05) is 42.5 Å². The first-order valence-electron chi connectivity index (χ1n) is 8.81. The highest BCUT2D eigenvalue weighted by molar-refractivity contribution is 7.92. The summed E-state index contributed by atoms with van der Waals surface area (Å²) in [4.78, 5) is 0. The van der Waals surface area contributed by atoms with E-state index in [1.165, 1.54) is 4.31 Å². The van der Waals surface area contributed by atoms with Crippen LogP contribution in [0.2, 0.25) is 0 Å². The highest BCUT2D eigenvalue weighted by atomic mass is 32.2. The predicted molar refractivity (Wildman–Crippen MR) is 107 cm³/mol. The molecule has 0 spiro atoms. The minimum Gasteiger partial charge on any atom is -0.491 e. The van der Waals surface area contributed by atoms with Crippen molar-refractivity contribution in [3.05, 3.63) is 72.3 Å². The van der Waals surface area contributed by atoms with Crippen molar-refractivity contribution in [2.24, 2.45) is 0 Å². The second-order valence-electron chi connectivity index (χ2n) is 6.63. The van der Waals surface area contributed by atoms with Crippen molar-refractivity contribution in [2.75, 3.05) is 24.6 Å². The van der Waals surface area contributed by atoms with Crippen LogP contribution in [0, 0.1) is 0 Å². The van der Waals surface area contributed by atoms with Gasteiger partial charge in [0.1, 0.15) is 18.5 Å². The Kier molecular flexibility index (Phi) is 4.76. The normalized spacial score (nSPS) is 16.3. The summed E-state index contributed by atoms with van der Waals surface area (Å²) >= 11 is 0. The van der Waals surface area contributed by atoms with E-state index in [-0.39, 0.29) is 11.9 Å². The second-order valence-corrected chi connectivity index (χ2v) is 8.63. The highest BCUT2D eigenvalue weighted by Crippen LogP contribution is 2.28. The molecular weight excluding hydrogens is 362 g/mol. The van der Waals surface area contributed by atoms with E-state index in [1.54, 1.807) is 31.3 Å². The zero-order valence-electron chi connectivity index (χ0n) is 15.0. The molecule has 1 fully saturated rings. The summed E-state index contributed by atoms with van der Waals surface area (Å²) in [6.07, 6.45) is 0.194. The number of fused-ring (bicyclic) bond motifs is 1. The summed E-state index contributed by atoms with van der Waals surface area (Å²) < 4.78 is 37.9. The number of hydrogen-bond donors (Lipinski definition) is 0. The van der Waals surface area contributed by atoms with Crippen LogP contribution in [-0.4, -0.2) is 34.8 Å². The van der Waals surface area contributed by atoms with Gasteiger partial charge < -0.3 is 9.47 Å². The third-order valence-electron chi connectivity index (χ3n) is 4.63. The Bertz CT molecular complexity index is 1040. The molecule has 0 bridgehead atoms. The number of rotatable bonds is 7. The monoisotopic (exact) mass is 383 g/mol. The van der Waals surface area contributed by atoms with E-state index in [2.05, 4.69) is 0 Å². The van der Waals surface area contributed by atoms with Gasteiger partial charge in [-0.15, -0.1) is 0 Å². The molecular formula is C21H21NO4S. The lowest BCUT2D eigenvalue weighted by Gasteiger charge is -2.21. The summed E-state index contributed by atoms with van der Waals surface area (Å²) in [6, 6.07) is 20.6. The van der Waals surface area contributed by atoms with Crippen molar-refractivity contribution in [1.29, 1.82) is 0 Å².